The third-order valence-corrected chi connectivity index (χ3v) is 8.91. The molecular weight excluding hydrogens is 654 g/mol. The van der Waals surface area contributed by atoms with Crippen LogP contribution in [0.25, 0.3) is 0 Å². The van der Waals surface area contributed by atoms with Gasteiger partial charge in [-0.3, -0.25) is 0 Å². The van der Waals surface area contributed by atoms with Crippen molar-refractivity contribution in [3.8, 4) is 11.5 Å². The maximum absolute atomic E-state index is 13.6. The standard InChI is InChI=1S/C33H45N7O10/c1-45-14-5-12-38-13-17-47-30-11-6-23(18-28(30)38)22-49-31-21-39(33(42)48-15-3-4-16-50-40(43)44)25(20-29(41)32-34-36-37-35-32)19-27(31)24-7-9-26(46-2)10-8-24/h6-11,18,25,27,29,31,41H,3-5,12-17,19-22H2,1-2H3,(H,34,35,36,37). The highest BCUT2D eigenvalue weighted by Gasteiger charge is 2.41. The van der Waals surface area contributed by atoms with Crippen LogP contribution in [0, 0.1) is 10.1 Å². The molecule has 2 aliphatic rings. The lowest BCUT2D eigenvalue weighted by Crippen LogP contribution is -2.53. The predicted octanol–water partition coefficient (Wildman–Crippen LogP) is 3.44. The first-order valence-electron chi connectivity index (χ1n) is 16.7. The van der Waals surface area contributed by atoms with Crippen LogP contribution < -0.4 is 14.4 Å². The quantitative estimate of drug-likeness (QED) is 0.111. The zero-order chi connectivity index (χ0) is 35.3. The molecule has 1 aromatic heterocycles. The van der Waals surface area contributed by atoms with Crippen LogP contribution in [0.15, 0.2) is 42.5 Å². The molecule has 3 aromatic rings. The third kappa shape index (κ3) is 9.92. The smallest absolute Gasteiger partial charge is 0.410 e. The summed E-state index contributed by atoms with van der Waals surface area (Å²) >= 11 is 0. The molecule has 5 rings (SSSR count). The lowest BCUT2D eigenvalue weighted by molar-refractivity contribution is -0.757. The number of methoxy groups -OCH3 is 2. The molecule has 2 aromatic carbocycles. The van der Waals surface area contributed by atoms with Crippen LogP contribution in [-0.4, -0.2) is 114 Å². The SMILES string of the molecule is COCCCN1CCOc2ccc(COC3CN(C(=O)OCCCCO[N+](=O)[O-])C(CC(O)c4nn[nH]n4)CC3c3ccc(OC)cc3)cc21. The van der Waals surface area contributed by atoms with E-state index in [9.17, 15) is 20.0 Å². The number of tetrazole rings is 1. The highest BCUT2D eigenvalue weighted by molar-refractivity contribution is 5.68. The molecule has 17 nitrogen and oxygen atoms in total. The number of hydrogen-bond donors (Lipinski definition) is 2. The summed E-state index contributed by atoms with van der Waals surface area (Å²) in [4.78, 5) is 32.3. The molecule has 2 N–H and O–H groups in total. The number of aliphatic hydroxyl groups excluding tert-OH is 1. The van der Waals surface area contributed by atoms with Crippen LogP contribution in [0.2, 0.25) is 0 Å². The van der Waals surface area contributed by atoms with E-state index in [-0.39, 0.29) is 44.5 Å². The number of nitrogens with one attached hydrogen (secondary N) is 1. The largest absolute Gasteiger partial charge is 0.497 e. The summed E-state index contributed by atoms with van der Waals surface area (Å²) < 4.78 is 28.8. The van der Waals surface area contributed by atoms with Crippen molar-refractivity contribution >= 4 is 11.8 Å². The van der Waals surface area contributed by atoms with Gasteiger partial charge in [0.25, 0.3) is 5.09 Å². The number of amides is 1. The fraction of sp³-hybridized carbons (Fsp3) is 0.576. The van der Waals surface area contributed by atoms with Crippen molar-refractivity contribution in [2.45, 2.75) is 62.9 Å². The van der Waals surface area contributed by atoms with Crippen molar-refractivity contribution in [1.82, 2.24) is 25.5 Å². The van der Waals surface area contributed by atoms with Gasteiger partial charge < -0.3 is 43.4 Å². The number of nitrogens with zero attached hydrogens (tertiary/aromatic N) is 6. The number of aromatic nitrogens is 4. The summed E-state index contributed by atoms with van der Waals surface area (Å²) in [6.45, 7) is 3.32. The molecule has 50 heavy (non-hydrogen) atoms. The molecule has 0 aliphatic carbocycles. The number of aliphatic hydroxyl groups is 1. The minimum atomic E-state index is -1.09. The topological polar surface area (TPSA) is 197 Å². The van der Waals surface area contributed by atoms with E-state index in [1.54, 1.807) is 19.1 Å². The Balaban J connectivity index is 1.35. The van der Waals surface area contributed by atoms with Gasteiger partial charge in [0, 0.05) is 38.6 Å². The molecule has 1 fully saturated rings. The molecule has 4 unspecified atom stereocenters. The van der Waals surface area contributed by atoms with E-state index in [2.05, 4.69) is 36.4 Å². The normalized spacial score (nSPS) is 19.3. The summed E-state index contributed by atoms with van der Waals surface area (Å²) in [6.07, 6.45) is 0.0864. The molecule has 4 atom stereocenters. The molecule has 0 radical (unpaired) electrons. The number of likely N-dealkylation sites (tertiary alicyclic amines) is 1. The lowest BCUT2D eigenvalue weighted by Gasteiger charge is -2.44. The molecule has 1 saturated heterocycles. The van der Waals surface area contributed by atoms with Gasteiger partial charge in [-0.2, -0.15) is 5.21 Å². The van der Waals surface area contributed by atoms with E-state index in [0.717, 1.165) is 42.1 Å². The van der Waals surface area contributed by atoms with E-state index >= 15 is 0 Å². The number of H-pyrrole nitrogens is 1. The summed E-state index contributed by atoms with van der Waals surface area (Å²) in [7, 11) is 3.31. The van der Waals surface area contributed by atoms with Gasteiger partial charge in [0.1, 0.15) is 24.2 Å². The Kier molecular flexibility index (Phi) is 13.4. The van der Waals surface area contributed by atoms with Crippen molar-refractivity contribution in [2.75, 3.05) is 65.2 Å². The first-order valence-corrected chi connectivity index (χ1v) is 16.7. The summed E-state index contributed by atoms with van der Waals surface area (Å²) in [6, 6.07) is 13.3. The number of rotatable bonds is 18. The molecule has 1 amide bonds. The van der Waals surface area contributed by atoms with Crippen LogP contribution >= 0.6 is 0 Å². The van der Waals surface area contributed by atoms with E-state index in [1.165, 1.54) is 0 Å². The van der Waals surface area contributed by atoms with Gasteiger partial charge in [0.15, 0.2) is 0 Å². The molecule has 17 heteroatoms. The average Bonchev–Trinajstić information content (AvgIpc) is 3.68. The van der Waals surface area contributed by atoms with Crippen LogP contribution in [0.1, 0.15) is 61.1 Å². The van der Waals surface area contributed by atoms with Gasteiger partial charge in [-0.15, -0.1) is 20.3 Å². The molecule has 272 valence electrons. The fourth-order valence-corrected chi connectivity index (χ4v) is 6.36. The minimum Gasteiger partial charge on any atom is -0.497 e. The minimum absolute atomic E-state index is 0.0437. The number of aromatic amines is 1. The summed E-state index contributed by atoms with van der Waals surface area (Å²) in [5.41, 5.74) is 2.96. The van der Waals surface area contributed by atoms with Gasteiger partial charge >= 0.3 is 6.09 Å². The Morgan fingerprint density at radius 3 is 2.70 bits per heavy atom. The second kappa shape index (κ2) is 18.3. The molecule has 0 saturated carbocycles. The van der Waals surface area contributed by atoms with E-state index in [4.69, 9.17) is 23.7 Å². The van der Waals surface area contributed by atoms with Crippen molar-refractivity contribution in [1.29, 1.82) is 0 Å². The van der Waals surface area contributed by atoms with Gasteiger partial charge in [-0.1, -0.05) is 23.4 Å². The Morgan fingerprint density at radius 1 is 1.14 bits per heavy atom. The monoisotopic (exact) mass is 699 g/mol. The van der Waals surface area contributed by atoms with Crippen LogP contribution in [-0.2, 0) is 25.7 Å². The Morgan fingerprint density at radius 2 is 1.96 bits per heavy atom. The maximum Gasteiger partial charge on any atom is 0.410 e. The number of benzene rings is 2. The zero-order valence-corrected chi connectivity index (χ0v) is 28.3. The lowest BCUT2D eigenvalue weighted by atomic mass is 9.81. The fourth-order valence-electron chi connectivity index (χ4n) is 6.36. The molecule has 0 bridgehead atoms. The number of carbonyl (C=O) groups excluding carboxylic acids is 1. The van der Waals surface area contributed by atoms with Crippen molar-refractivity contribution < 1.29 is 43.5 Å². The van der Waals surface area contributed by atoms with E-state index < -0.39 is 29.4 Å². The number of hydrogen-bond acceptors (Lipinski definition) is 14. The average molecular weight is 700 g/mol. The van der Waals surface area contributed by atoms with Gasteiger partial charge in [0.05, 0.1) is 51.8 Å². The number of anilines is 1. The predicted molar refractivity (Wildman–Crippen MR) is 177 cm³/mol. The number of fused-ring (bicyclic) bond motifs is 1. The molecule has 3 heterocycles. The zero-order valence-electron chi connectivity index (χ0n) is 28.3. The number of piperidine rings is 1. The van der Waals surface area contributed by atoms with Crippen molar-refractivity contribution in [3.05, 3.63) is 69.5 Å². The molecule has 2 aliphatic heterocycles. The number of carbonyl (C=O) groups is 1. The van der Waals surface area contributed by atoms with Gasteiger partial charge in [-0.25, -0.2) is 4.79 Å². The highest BCUT2D eigenvalue weighted by Crippen LogP contribution is 2.39. The van der Waals surface area contributed by atoms with Crippen LogP contribution in [0.5, 0.6) is 11.5 Å². The number of unbranched alkanes of at least 4 members (excludes halogenated alkanes) is 1. The van der Waals surface area contributed by atoms with Gasteiger partial charge in [0.2, 0.25) is 5.82 Å². The Labute approximate surface area is 289 Å². The highest BCUT2D eigenvalue weighted by atomic mass is 16.9. The molecular formula is C33H45N7O10. The number of ether oxygens (including phenoxy) is 5. The summed E-state index contributed by atoms with van der Waals surface area (Å²) in [5.74, 6) is 1.51. The Hall–Kier alpha value is -4.74. The second-order valence-electron chi connectivity index (χ2n) is 12.2. The Bertz CT molecular complexity index is 1500. The van der Waals surface area contributed by atoms with Crippen molar-refractivity contribution in [3.63, 3.8) is 0 Å². The first kappa shape index (κ1) is 36.5. The molecule has 0 spiro atoms. The van der Waals surface area contributed by atoms with Crippen molar-refractivity contribution in [2.24, 2.45) is 0 Å². The third-order valence-electron chi connectivity index (χ3n) is 8.91. The van der Waals surface area contributed by atoms with Crippen LogP contribution in [0.3, 0.4) is 0 Å². The summed E-state index contributed by atoms with van der Waals surface area (Å²) in [5, 5.41) is 34.4. The van der Waals surface area contributed by atoms with E-state index in [0.29, 0.717) is 38.2 Å². The van der Waals surface area contributed by atoms with Crippen LogP contribution in [0.4, 0.5) is 10.5 Å². The maximum atomic E-state index is 13.6. The van der Waals surface area contributed by atoms with Gasteiger partial charge in [-0.05, 0) is 61.1 Å². The first-order chi connectivity index (χ1) is 24.4. The van der Waals surface area contributed by atoms with E-state index in [1.807, 2.05) is 36.4 Å². The second-order valence-corrected chi connectivity index (χ2v) is 12.2.